The Balaban J connectivity index is 2.15. The Morgan fingerprint density at radius 2 is 1.82 bits per heavy atom. The van der Waals surface area contributed by atoms with Crippen molar-refractivity contribution in [1.29, 1.82) is 0 Å². The lowest BCUT2D eigenvalue weighted by Crippen LogP contribution is -2.32. The molecular formula is C17H30. The highest BCUT2D eigenvalue weighted by atomic mass is 14.6. The van der Waals surface area contributed by atoms with Crippen LogP contribution in [0.2, 0.25) is 0 Å². The van der Waals surface area contributed by atoms with Crippen molar-refractivity contribution in [1.82, 2.24) is 0 Å². The molecule has 0 spiro atoms. The monoisotopic (exact) mass is 234 g/mol. The second-order valence-corrected chi connectivity index (χ2v) is 6.57. The summed E-state index contributed by atoms with van der Waals surface area (Å²) in [7, 11) is 0. The third-order valence-electron chi connectivity index (χ3n) is 5.93. The van der Waals surface area contributed by atoms with E-state index in [1.807, 2.05) is 0 Å². The van der Waals surface area contributed by atoms with Crippen LogP contribution in [0.25, 0.3) is 0 Å². The first-order chi connectivity index (χ1) is 8.13. The molecule has 0 aromatic carbocycles. The molecule has 5 unspecified atom stereocenters. The van der Waals surface area contributed by atoms with Gasteiger partial charge in [-0.05, 0) is 55.3 Å². The quantitative estimate of drug-likeness (QED) is 0.566. The highest BCUT2D eigenvalue weighted by Crippen LogP contribution is 2.60. The van der Waals surface area contributed by atoms with Gasteiger partial charge in [0.25, 0.3) is 0 Å². The topological polar surface area (TPSA) is 0 Å². The van der Waals surface area contributed by atoms with E-state index >= 15 is 0 Å². The Morgan fingerprint density at radius 3 is 2.29 bits per heavy atom. The predicted molar refractivity (Wildman–Crippen MR) is 75.9 cm³/mol. The molecule has 0 saturated heterocycles. The van der Waals surface area contributed by atoms with Gasteiger partial charge in [-0.1, -0.05) is 52.2 Å². The van der Waals surface area contributed by atoms with Crippen molar-refractivity contribution in [3.63, 3.8) is 0 Å². The molecule has 17 heavy (non-hydrogen) atoms. The normalized spacial score (nSPS) is 40.2. The van der Waals surface area contributed by atoms with E-state index in [2.05, 4.69) is 34.3 Å². The molecule has 0 nitrogen and oxygen atoms in total. The minimum absolute atomic E-state index is 0.857. The van der Waals surface area contributed by atoms with Crippen molar-refractivity contribution < 1.29 is 0 Å². The van der Waals surface area contributed by atoms with Crippen LogP contribution in [0.5, 0.6) is 0 Å². The maximum atomic E-state index is 4.23. The largest absolute Gasteiger partial charge is 0.0999 e. The number of rotatable bonds is 5. The molecule has 98 valence electrons. The van der Waals surface area contributed by atoms with Crippen LogP contribution in [-0.4, -0.2) is 0 Å². The van der Waals surface area contributed by atoms with Gasteiger partial charge in [0, 0.05) is 0 Å². The van der Waals surface area contributed by atoms with Crippen LogP contribution in [0.1, 0.15) is 59.8 Å². The van der Waals surface area contributed by atoms with Crippen LogP contribution < -0.4 is 0 Å². The third kappa shape index (κ3) is 2.09. The third-order valence-corrected chi connectivity index (χ3v) is 5.93. The molecule has 2 rings (SSSR count). The highest BCUT2D eigenvalue weighted by Gasteiger charge is 2.52. The first-order valence-electron chi connectivity index (χ1n) is 7.79. The molecule has 2 bridgehead atoms. The fraction of sp³-hybridized carbons (Fsp3) is 0.882. The van der Waals surface area contributed by atoms with E-state index in [4.69, 9.17) is 0 Å². The molecule has 5 atom stereocenters. The molecule has 2 aliphatic rings. The molecule has 0 heterocycles. The van der Waals surface area contributed by atoms with E-state index in [1.54, 1.807) is 0 Å². The van der Waals surface area contributed by atoms with Gasteiger partial charge in [-0.25, -0.2) is 0 Å². The fourth-order valence-electron chi connectivity index (χ4n) is 5.24. The summed E-state index contributed by atoms with van der Waals surface area (Å²) in [6.07, 6.45) is 7.14. The van der Waals surface area contributed by atoms with E-state index in [0.717, 1.165) is 35.5 Å². The lowest BCUT2D eigenvalue weighted by Gasteiger charge is -2.39. The van der Waals surface area contributed by atoms with Gasteiger partial charge in [0.15, 0.2) is 0 Å². The van der Waals surface area contributed by atoms with Crippen molar-refractivity contribution in [2.75, 3.05) is 0 Å². The van der Waals surface area contributed by atoms with Crippen molar-refractivity contribution in [3.8, 4) is 0 Å². The molecule has 2 fully saturated rings. The van der Waals surface area contributed by atoms with E-state index in [9.17, 15) is 0 Å². The summed E-state index contributed by atoms with van der Waals surface area (Å²) in [5.41, 5.74) is 1.46. The molecular weight excluding hydrogens is 204 g/mol. The molecule has 0 N–H and O–H groups in total. The molecule has 0 aromatic heterocycles. The summed E-state index contributed by atoms with van der Waals surface area (Å²) in [5, 5.41) is 0. The minimum atomic E-state index is 0.857. The van der Waals surface area contributed by atoms with Crippen LogP contribution in [0.15, 0.2) is 12.2 Å². The van der Waals surface area contributed by atoms with Crippen LogP contribution in [0.4, 0.5) is 0 Å². The Morgan fingerprint density at radius 1 is 1.18 bits per heavy atom. The molecule has 0 heteroatoms. The van der Waals surface area contributed by atoms with E-state index < -0.39 is 0 Å². The zero-order valence-electron chi connectivity index (χ0n) is 12.2. The molecule has 0 aliphatic heterocycles. The van der Waals surface area contributed by atoms with Gasteiger partial charge in [-0.15, -0.1) is 0 Å². The first kappa shape index (κ1) is 13.2. The van der Waals surface area contributed by atoms with Gasteiger partial charge >= 0.3 is 0 Å². The zero-order chi connectivity index (χ0) is 12.6. The van der Waals surface area contributed by atoms with Gasteiger partial charge in [0.1, 0.15) is 0 Å². The smallest absolute Gasteiger partial charge is 0.0175 e. The summed E-state index contributed by atoms with van der Waals surface area (Å²) in [4.78, 5) is 0. The number of hydrogen-bond acceptors (Lipinski definition) is 0. The highest BCUT2D eigenvalue weighted by molar-refractivity contribution is 5.11. The van der Waals surface area contributed by atoms with Crippen molar-refractivity contribution in [3.05, 3.63) is 12.2 Å². The van der Waals surface area contributed by atoms with Gasteiger partial charge in [0.2, 0.25) is 0 Å². The molecule has 2 saturated carbocycles. The summed E-state index contributed by atoms with van der Waals surface area (Å²) in [6.45, 7) is 13.7. The van der Waals surface area contributed by atoms with Gasteiger partial charge < -0.3 is 0 Å². The Bertz CT molecular complexity index is 274. The summed E-state index contributed by atoms with van der Waals surface area (Å²) in [6, 6.07) is 0. The van der Waals surface area contributed by atoms with Gasteiger partial charge in [-0.2, -0.15) is 0 Å². The lowest BCUT2D eigenvalue weighted by atomic mass is 9.65. The van der Waals surface area contributed by atoms with Gasteiger partial charge in [0.05, 0.1) is 0 Å². The SMILES string of the molecule is C=C(C)C1CC2CC1C(CC)C2C(CC)CC. The molecule has 2 aliphatic carbocycles. The van der Waals surface area contributed by atoms with Crippen molar-refractivity contribution in [2.24, 2.45) is 35.5 Å². The molecule has 0 aromatic rings. The zero-order valence-corrected chi connectivity index (χ0v) is 12.2. The number of allylic oxidation sites excluding steroid dienone is 1. The molecule has 0 radical (unpaired) electrons. The second-order valence-electron chi connectivity index (χ2n) is 6.57. The predicted octanol–water partition coefficient (Wildman–Crippen LogP) is 5.30. The molecule has 0 amide bonds. The Hall–Kier alpha value is -0.260. The minimum Gasteiger partial charge on any atom is -0.0999 e. The number of fused-ring (bicyclic) bond motifs is 2. The number of hydrogen-bond donors (Lipinski definition) is 0. The summed E-state index contributed by atoms with van der Waals surface area (Å²) >= 11 is 0. The van der Waals surface area contributed by atoms with E-state index in [1.165, 1.54) is 37.7 Å². The summed E-state index contributed by atoms with van der Waals surface area (Å²) < 4.78 is 0. The van der Waals surface area contributed by atoms with Crippen LogP contribution in [-0.2, 0) is 0 Å². The Kier molecular flexibility index (Phi) is 4.00. The van der Waals surface area contributed by atoms with Crippen LogP contribution in [0.3, 0.4) is 0 Å². The maximum absolute atomic E-state index is 4.23. The standard InChI is InChI=1S/C17H30/c1-6-12(7-2)17-13-9-15(11(4)5)16(10-13)14(17)8-3/h12-17H,4,6-10H2,1-3,5H3. The average Bonchev–Trinajstić information content (AvgIpc) is 2.88. The van der Waals surface area contributed by atoms with Crippen LogP contribution in [0, 0.1) is 35.5 Å². The first-order valence-corrected chi connectivity index (χ1v) is 7.79. The van der Waals surface area contributed by atoms with Crippen LogP contribution >= 0.6 is 0 Å². The summed E-state index contributed by atoms with van der Waals surface area (Å²) in [5.74, 6) is 5.89. The van der Waals surface area contributed by atoms with E-state index in [0.29, 0.717) is 0 Å². The van der Waals surface area contributed by atoms with Crippen molar-refractivity contribution in [2.45, 2.75) is 59.8 Å². The Labute approximate surface area is 108 Å². The fourth-order valence-corrected chi connectivity index (χ4v) is 5.24. The van der Waals surface area contributed by atoms with Crippen molar-refractivity contribution >= 4 is 0 Å². The van der Waals surface area contributed by atoms with Gasteiger partial charge in [-0.3, -0.25) is 0 Å². The van der Waals surface area contributed by atoms with E-state index in [-0.39, 0.29) is 0 Å². The lowest BCUT2D eigenvalue weighted by molar-refractivity contribution is 0.111. The average molecular weight is 234 g/mol. The maximum Gasteiger partial charge on any atom is -0.0175 e. The second kappa shape index (κ2) is 5.16.